The number of ether oxygens (including phenoxy) is 1. The van der Waals surface area contributed by atoms with Gasteiger partial charge in [-0.05, 0) is 12.5 Å². The van der Waals surface area contributed by atoms with Crippen molar-refractivity contribution in [3.8, 4) is 5.75 Å². The topological polar surface area (TPSA) is 29.5 Å². The van der Waals surface area contributed by atoms with E-state index in [1.165, 1.54) is 12.1 Å². The van der Waals surface area contributed by atoms with Crippen molar-refractivity contribution in [2.45, 2.75) is 26.4 Å². The predicted octanol–water partition coefficient (Wildman–Crippen LogP) is 2.50. The minimum Gasteiger partial charge on any atom is -0.493 e. The van der Waals surface area contributed by atoms with Crippen LogP contribution in [0.15, 0.2) is 18.2 Å². The van der Waals surface area contributed by atoms with Crippen LogP contribution in [0, 0.1) is 5.82 Å². The first kappa shape index (κ1) is 11.0. The zero-order valence-electron chi connectivity index (χ0n) is 8.29. The van der Waals surface area contributed by atoms with Crippen molar-refractivity contribution in [3.05, 3.63) is 29.6 Å². The van der Waals surface area contributed by atoms with Crippen molar-refractivity contribution in [2.75, 3.05) is 6.61 Å². The number of halogens is 1. The van der Waals surface area contributed by atoms with Gasteiger partial charge < -0.3 is 9.84 Å². The molecule has 0 spiro atoms. The summed E-state index contributed by atoms with van der Waals surface area (Å²) in [5, 5.41) is 8.74. The van der Waals surface area contributed by atoms with Gasteiger partial charge >= 0.3 is 0 Å². The van der Waals surface area contributed by atoms with E-state index in [0.29, 0.717) is 17.9 Å². The lowest BCUT2D eigenvalue weighted by molar-refractivity contribution is 0.274. The summed E-state index contributed by atoms with van der Waals surface area (Å²) in [6, 6.07) is 4.52. The van der Waals surface area contributed by atoms with Gasteiger partial charge in [0.15, 0.2) is 0 Å². The third-order valence-corrected chi connectivity index (χ3v) is 1.96. The second kappa shape index (κ2) is 5.60. The SMILES string of the molecule is CCCCOc1ccc(CO)c(F)c1. The summed E-state index contributed by atoms with van der Waals surface area (Å²) in [5.74, 6) is 0.106. The molecule has 0 aromatic heterocycles. The second-order valence-electron chi connectivity index (χ2n) is 3.11. The van der Waals surface area contributed by atoms with Crippen LogP contribution in [-0.4, -0.2) is 11.7 Å². The molecule has 0 aliphatic heterocycles. The maximum atomic E-state index is 13.1. The van der Waals surface area contributed by atoms with Gasteiger partial charge in [0.25, 0.3) is 0 Å². The summed E-state index contributed by atoms with van der Waals surface area (Å²) >= 11 is 0. The number of aliphatic hydroxyl groups is 1. The molecule has 0 aliphatic rings. The van der Waals surface area contributed by atoms with E-state index in [9.17, 15) is 4.39 Å². The molecule has 78 valence electrons. The van der Waals surface area contributed by atoms with Crippen LogP contribution in [0.1, 0.15) is 25.3 Å². The highest BCUT2D eigenvalue weighted by Crippen LogP contribution is 2.16. The largest absolute Gasteiger partial charge is 0.493 e. The van der Waals surface area contributed by atoms with Crippen molar-refractivity contribution in [3.63, 3.8) is 0 Å². The van der Waals surface area contributed by atoms with E-state index < -0.39 is 5.82 Å². The summed E-state index contributed by atoms with van der Waals surface area (Å²) in [4.78, 5) is 0. The average Bonchev–Trinajstić information content (AvgIpc) is 2.18. The van der Waals surface area contributed by atoms with Gasteiger partial charge in [-0.3, -0.25) is 0 Å². The Morgan fingerprint density at radius 2 is 2.21 bits per heavy atom. The fourth-order valence-electron chi connectivity index (χ4n) is 1.08. The van der Waals surface area contributed by atoms with E-state index in [2.05, 4.69) is 6.92 Å². The molecule has 0 aliphatic carbocycles. The maximum absolute atomic E-state index is 13.1. The number of hydrogen-bond donors (Lipinski definition) is 1. The fourth-order valence-corrected chi connectivity index (χ4v) is 1.08. The lowest BCUT2D eigenvalue weighted by Crippen LogP contribution is -1.98. The first-order chi connectivity index (χ1) is 6.77. The molecule has 1 aromatic rings. The van der Waals surface area contributed by atoms with E-state index in [1.54, 1.807) is 6.07 Å². The van der Waals surface area contributed by atoms with Crippen LogP contribution in [0.25, 0.3) is 0 Å². The van der Waals surface area contributed by atoms with Crippen LogP contribution >= 0.6 is 0 Å². The zero-order valence-corrected chi connectivity index (χ0v) is 8.29. The molecular weight excluding hydrogens is 183 g/mol. The van der Waals surface area contributed by atoms with E-state index >= 15 is 0 Å². The van der Waals surface area contributed by atoms with E-state index in [4.69, 9.17) is 9.84 Å². The number of unbranched alkanes of at least 4 members (excludes halogenated alkanes) is 1. The Morgan fingerprint density at radius 1 is 1.43 bits per heavy atom. The Balaban J connectivity index is 2.57. The summed E-state index contributed by atoms with van der Waals surface area (Å²) in [7, 11) is 0. The lowest BCUT2D eigenvalue weighted by atomic mass is 10.2. The molecule has 1 aromatic carbocycles. The van der Waals surface area contributed by atoms with Gasteiger partial charge in [0, 0.05) is 11.6 Å². The van der Waals surface area contributed by atoms with Gasteiger partial charge in [0.1, 0.15) is 11.6 Å². The van der Waals surface area contributed by atoms with Crippen molar-refractivity contribution in [1.29, 1.82) is 0 Å². The second-order valence-corrected chi connectivity index (χ2v) is 3.11. The Labute approximate surface area is 83.3 Å². The first-order valence-corrected chi connectivity index (χ1v) is 4.80. The Hall–Kier alpha value is -1.09. The molecule has 1 N–H and O–H groups in total. The molecule has 0 amide bonds. The highest BCUT2D eigenvalue weighted by Gasteiger charge is 2.02. The molecular formula is C11H15FO2. The van der Waals surface area contributed by atoms with Crippen molar-refractivity contribution in [2.24, 2.45) is 0 Å². The smallest absolute Gasteiger partial charge is 0.132 e. The Kier molecular flexibility index (Phi) is 4.40. The van der Waals surface area contributed by atoms with Gasteiger partial charge in [0.05, 0.1) is 13.2 Å². The molecule has 0 heterocycles. The monoisotopic (exact) mass is 198 g/mol. The summed E-state index contributed by atoms with van der Waals surface area (Å²) in [6.07, 6.45) is 2.01. The first-order valence-electron chi connectivity index (χ1n) is 4.80. The Morgan fingerprint density at radius 3 is 2.79 bits per heavy atom. The normalized spacial score (nSPS) is 10.2. The van der Waals surface area contributed by atoms with Crippen molar-refractivity contribution in [1.82, 2.24) is 0 Å². The minimum absolute atomic E-state index is 0.277. The highest BCUT2D eigenvalue weighted by molar-refractivity contribution is 5.28. The van der Waals surface area contributed by atoms with Crippen LogP contribution in [0.3, 0.4) is 0 Å². The fraction of sp³-hybridized carbons (Fsp3) is 0.455. The van der Waals surface area contributed by atoms with Crippen LogP contribution in [0.4, 0.5) is 4.39 Å². The van der Waals surface area contributed by atoms with Crippen LogP contribution in [-0.2, 0) is 6.61 Å². The quantitative estimate of drug-likeness (QED) is 0.736. The van der Waals surface area contributed by atoms with E-state index in [1.807, 2.05) is 0 Å². The summed E-state index contributed by atoms with van der Waals surface area (Å²) in [5.41, 5.74) is 0.299. The molecule has 1 rings (SSSR count). The zero-order chi connectivity index (χ0) is 10.4. The Bertz CT molecular complexity index is 287. The molecule has 0 fully saturated rings. The molecule has 0 saturated carbocycles. The van der Waals surface area contributed by atoms with E-state index in [-0.39, 0.29) is 6.61 Å². The molecule has 0 atom stereocenters. The predicted molar refractivity (Wildman–Crippen MR) is 52.7 cm³/mol. The molecule has 0 unspecified atom stereocenters. The molecule has 0 saturated heterocycles. The number of aliphatic hydroxyl groups excluding tert-OH is 1. The van der Waals surface area contributed by atoms with Gasteiger partial charge in [-0.2, -0.15) is 0 Å². The molecule has 2 nitrogen and oxygen atoms in total. The van der Waals surface area contributed by atoms with Gasteiger partial charge in [0.2, 0.25) is 0 Å². The number of rotatable bonds is 5. The standard InChI is InChI=1S/C11H15FO2/c1-2-3-6-14-10-5-4-9(8-13)11(12)7-10/h4-5,7,13H,2-3,6,8H2,1H3. The van der Waals surface area contributed by atoms with Gasteiger partial charge in [-0.25, -0.2) is 4.39 Å². The molecule has 3 heteroatoms. The van der Waals surface area contributed by atoms with Crippen LogP contribution in [0.5, 0.6) is 5.75 Å². The minimum atomic E-state index is -0.415. The van der Waals surface area contributed by atoms with Crippen molar-refractivity contribution >= 4 is 0 Å². The summed E-state index contributed by atoms with van der Waals surface area (Å²) in [6.45, 7) is 2.40. The number of benzene rings is 1. The molecule has 0 radical (unpaired) electrons. The highest BCUT2D eigenvalue weighted by atomic mass is 19.1. The average molecular weight is 198 g/mol. The molecule has 0 bridgehead atoms. The third kappa shape index (κ3) is 3.00. The van der Waals surface area contributed by atoms with Crippen molar-refractivity contribution < 1.29 is 14.2 Å². The maximum Gasteiger partial charge on any atom is 0.132 e. The third-order valence-electron chi connectivity index (χ3n) is 1.96. The summed E-state index contributed by atoms with van der Waals surface area (Å²) < 4.78 is 18.4. The van der Waals surface area contributed by atoms with Crippen LogP contribution in [0.2, 0.25) is 0 Å². The van der Waals surface area contributed by atoms with Gasteiger partial charge in [-0.15, -0.1) is 0 Å². The lowest BCUT2D eigenvalue weighted by Gasteiger charge is -2.06. The number of hydrogen-bond acceptors (Lipinski definition) is 2. The molecule has 14 heavy (non-hydrogen) atoms. The van der Waals surface area contributed by atoms with E-state index in [0.717, 1.165) is 12.8 Å². The van der Waals surface area contributed by atoms with Crippen LogP contribution < -0.4 is 4.74 Å². The van der Waals surface area contributed by atoms with Gasteiger partial charge in [-0.1, -0.05) is 19.4 Å².